The molecule has 0 fully saturated rings. The molecule has 2 aromatic rings. The molecule has 1 aromatic heterocycles. The number of hydrogen-bond donors (Lipinski definition) is 1. The second-order valence-corrected chi connectivity index (χ2v) is 6.99. The third-order valence-electron chi connectivity index (χ3n) is 4.74. The van der Waals surface area contributed by atoms with Crippen molar-refractivity contribution in [2.45, 2.75) is 33.2 Å². The summed E-state index contributed by atoms with van der Waals surface area (Å²) in [4.78, 5) is 14.7. The van der Waals surface area contributed by atoms with Gasteiger partial charge in [-0.3, -0.25) is 4.79 Å². The average Bonchev–Trinajstić information content (AvgIpc) is 3.17. The van der Waals surface area contributed by atoms with Crippen LogP contribution in [0, 0.1) is 6.92 Å². The van der Waals surface area contributed by atoms with Gasteiger partial charge >= 0.3 is 0 Å². The van der Waals surface area contributed by atoms with E-state index in [1.165, 1.54) is 0 Å². The summed E-state index contributed by atoms with van der Waals surface area (Å²) in [5.74, 6) is 3.04. The van der Waals surface area contributed by atoms with Gasteiger partial charge in [0.25, 0.3) is 0 Å². The molecule has 0 aliphatic heterocycles. The normalized spacial score (nSPS) is 10.8. The molecule has 0 saturated heterocycles. The summed E-state index contributed by atoms with van der Waals surface area (Å²) in [6.07, 6.45) is 1.58. The van der Waals surface area contributed by atoms with Crippen molar-refractivity contribution in [1.82, 2.24) is 10.2 Å². The van der Waals surface area contributed by atoms with Crippen molar-refractivity contribution in [3.8, 4) is 11.5 Å². The Morgan fingerprint density at radius 1 is 1.13 bits per heavy atom. The zero-order valence-electron chi connectivity index (χ0n) is 18.5. The lowest BCUT2D eigenvalue weighted by Gasteiger charge is -2.22. The fraction of sp³-hybridized carbons (Fsp3) is 0.522. The van der Waals surface area contributed by atoms with Crippen molar-refractivity contribution in [3.63, 3.8) is 0 Å². The van der Waals surface area contributed by atoms with Gasteiger partial charge in [0.15, 0.2) is 11.5 Å². The van der Waals surface area contributed by atoms with Crippen LogP contribution >= 0.6 is 0 Å². The van der Waals surface area contributed by atoms with E-state index >= 15 is 0 Å². The van der Waals surface area contributed by atoms with Crippen LogP contribution in [0.2, 0.25) is 0 Å². The highest BCUT2D eigenvalue weighted by atomic mass is 16.5. The van der Waals surface area contributed by atoms with E-state index in [-0.39, 0.29) is 12.5 Å². The van der Waals surface area contributed by atoms with E-state index in [9.17, 15) is 4.79 Å². The minimum Gasteiger partial charge on any atom is -0.493 e. The summed E-state index contributed by atoms with van der Waals surface area (Å²) < 4.78 is 21.7. The number of hydrogen-bond acceptors (Lipinski definition) is 6. The second-order valence-electron chi connectivity index (χ2n) is 6.99. The first-order chi connectivity index (χ1) is 14.6. The van der Waals surface area contributed by atoms with Crippen LogP contribution in [0.25, 0.3) is 0 Å². The van der Waals surface area contributed by atoms with Crippen LogP contribution in [-0.4, -0.2) is 57.9 Å². The van der Waals surface area contributed by atoms with Gasteiger partial charge in [-0.05, 0) is 63.1 Å². The zero-order chi connectivity index (χ0) is 21.8. The number of nitrogens with zero attached hydrogens (tertiary/aromatic N) is 1. The fourth-order valence-electron chi connectivity index (χ4n) is 3.10. The minimum atomic E-state index is 0.0425. The van der Waals surface area contributed by atoms with E-state index in [0.717, 1.165) is 30.0 Å². The van der Waals surface area contributed by atoms with Gasteiger partial charge < -0.3 is 28.8 Å². The molecule has 166 valence electrons. The molecule has 0 aliphatic carbocycles. The summed E-state index contributed by atoms with van der Waals surface area (Å²) >= 11 is 0. The molecule has 0 spiro atoms. The van der Waals surface area contributed by atoms with Gasteiger partial charge in [0, 0.05) is 19.8 Å². The molecule has 0 radical (unpaired) electrons. The first-order valence-corrected chi connectivity index (χ1v) is 10.4. The summed E-state index contributed by atoms with van der Waals surface area (Å²) in [7, 11) is 3.23. The Morgan fingerprint density at radius 3 is 2.60 bits per heavy atom. The molecule has 1 heterocycles. The Kier molecular flexibility index (Phi) is 10.2. The monoisotopic (exact) mass is 418 g/mol. The van der Waals surface area contributed by atoms with Crippen molar-refractivity contribution in [3.05, 3.63) is 47.4 Å². The minimum absolute atomic E-state index is 0.0425. The molecule has 30 heavy (non-hydrogen) atoms. The van der Waals surface area contributed by atoms with E-state index in [0.29, 0.717) is 44.2 Å². The van der Waals surface area contributed by atoms with Crippen molar-refractivity contribution < 1.29 is 23.4 Å². The van der Waals surface area contributed by atoms with Crippen LogP contribution in [0.5, 0.6) is 11.5 Å². The topological polar surface area (TPSA) is 73.2 Å². The number of rotatable bonds is 14. The highest BCUT2D eigenvalue weighted by Gasteiger charge is 2.16. The quantitative estimate of drug-likeness (QED) is 0.475. The first kappa shape index (κ1) is 23.8. The van der Waals surface area contributed by atoms with Gasteiger partial charge in [-0.1, -0.05) is 6.07 Å². The van der Waals surface area contributed by atoms with Gasteiger partial charge in [0.1, 0.15) is 11.5 Å². The van der Waals surface area contributed by atoms with E-state index in [1.807, 2.05) is 49.1 Å². The van der Waals surface area contributed by atoms with Gasteiger partial charge in [-0.2, -0.15) is 0 Å². The molecule has 1 aromatic carbocycles. The van der Waals surface area contributed by atoms with Crippen molar-refractivity contribution in [2.24, 2.45) is 0 Å². The van der Waals surface area contributed by atoms with E-state index < -0.39 is 0 Å². The maximum Gasteiger partial charge on any atom is 0.236 e. The average molecular weight is 419 g/mol. The van der Waals surface area contributed by atoms with Gasteiger partial charge in [0.2, 0.25) is 5.91 Å². The number of methoxy groups -OCH3 is 2. The lowest BCUT2D eigenvalue weighted by molar-refractivity contribution is -0.131. The number of aryl methyl sites for hydroxylation is 1. The molecule has 1 N–H and O–H groups in total. The molecule has 0 atom stereocenters. The van der Waals surface area contributed by atoms with Crippen LogP contribution in [0.15, 0.2) is 34.7 Å². The van der Waals surface area contributed by atoms with Crippen LogP contribution in [0.4, 0.5) is 0 Å². The van der Waals surface area contributed by atoms with Gasteiger partial charge in [-0.15, -0.1) is 0 Å². The molecular weight excluding hydrogens is 384 g/mol. The molecule has 0 bridgehead atoms. The Hall–Kier alpha value is -2.51. The summed E-state index contributed by atoms with van der Waals surface area (Å²) in [5, 5.41) is 3.21. The molecule has 0 unspecified atom stereocenters. The summed E-state index contributed by atoms with van der Waals surface area (Å²) in [6.45, 7) is 7.35. The predicted molar refractivity (Wildman–Crippen MR) is 116 cm³/mol. The maximum absolute atomic E-state index is 12.8. The van der Waals surface area contributed by atoms with Crippen LogP contribution in [0.1, 0.15) is 30.4 Å². The van der Waals surface area contributed by atoms with Crippen molar-refractivity contribution in [1.29, 1.82) is 0 Å². The zero-order valence-corrected chi connectivity index (χ0v) is 18.5. The van der Waals surface area contributed by atoms with Gasteiger partial charge in [-0.25, -0.2) is 0 Å². The van der Waals surface area contributed by atoms with Crippen LogP contribution in [0.3, 0.4) is 0 Å². The Bertz CT molecular complexity index is 775. The number of furan rings is 1. The fourth-order valence-corrected chi connectivity index (χ4v) is 3.10. The van der Waals surface area contributed by atoms with Crippen molar-refractivity contribution in [2.75, 3.05) is 47.1 Å². The van der Waals surface area contributed by atoms with Crippen LogP contribution < -0.4 is 14.8 Å². The SMILES string of the molecule is CCOCCCNCC(=O)N(CCc1ccc(OC)c(OC)c1)Cc1ccc(C)o1. The molecule has 0 aliphatic rings. The molecule has 7 nitrogen and oxygen atoms in total. The molecule has 7 heteroatoms. The number of benzene rings is 1. The lowest BCUT2D eigenvalue weighted by atomic mass is 10.1. The van der Waals surface area contributed by atoms with Gasteiger partial charge in [0.05, 0.1) is 27.3 Å². The smallest absolute Gasteiger partial charge is 0.236 e. The largest absolute Gasteiger partial charge is 0.493 e. The number of carbonyl (C=O) groups is 1. The number of nitrogens with one attached hydrogen (secondary N) is 1. The molecule has 0 saturated carbocycles. The summed E-state index contributed by atoms with van der Waals surface area (Å²) in [5.41, 5.74) is 1.07. The Labute approximate surface area is 179 Å². The van der Waals surface area contributed by atoms with E-state index in [1.54, 1.807) is 14.2 Å². The Balaban J connectivity index is 1.96. The highest BCUT2D eigenvalue weighted by molar-refractivity contribution is 5.78. The van der Waals surface area contributed by atoms with Crippen LogP contribution in [-0.2, 0) is 22.5 Å². The van der Waals surface area contributed by atoms with E-state index in [4.69, 9.17) is 18.6 Å². The standard InChI is InChI=1S/C23H34N2O5/c1-5-29-14-6-12-24-16-23(26)25(17-20-9-7-18(2)30-20)13-11-19-8-10-21(27-3)22(15-19)28-4/h7-10,15,24H,5-6,11-14,16-17H2,1-4H3. The van der Waals surface area contributed by atoms with Crippen molar-refractivity contribution >= 4 is 5.91 Å². The summed E-state index contributed by atoms with van der Waals surface area (Å²) in [6, 6.07) is 9.66. The molecular formula is C23H34N2O5. The van der Waals surface area contributed by atoms with E-state index in [2.05, 4.69) is 5.32 Å². The Morgan fingerprint density at radius 2 is 1.93 bits per heavy atom. The first-order valence-electron chi connectivity index (χ1n) is 10.4. The third kappa shape index (κ3) is 7.72. The predicted octanol–water partition coefficient (Wildman–Crippen LogP) is 3.19. The third-order valence-corrected chi connectivity index (χ3v) is 4.74. The highest BCUT2D eigenvalue weighted by Crippen LogP contribution is 2.27. The number of ether oxygens (including phenoxy) is 3. The number of amides is 1. The maximum atomic E-state index is 12.8. The lowest BCUT2D eigenvalue weighted by Crippen LogP contribution is -2.39. The second kappa shape index (κ2) is 12.9. The molecule has 2 rings (SSSR count). The molecule has 1 amide bonds. The number of carbonyl (C=O) groups excluding carboxylic acids is 1.